The molecular weight excluding hydrogens is 376 g/mol. The van der Waals surface area contributed by atoms with Gasteiger partial charge in [0, 0.05) is 0 Å². The molecule has 0 aromatic heterocycles. The molecule has 7 atom stereocenters. The van der Waals surface area contributed by atoms with Crippen molar-refractivity contribution in [3.05, 3.63) is 22.8 Å². The van der Waals surface area contributed by atoms with Crippen molar-refractivity contribution < 1.29 is 5.11 Å². The lowest BCUT2D eigenvalue weighted by Gasteiger charge is -2.62. The van der Waals surface area contributed by atoms with Gasteiger partial charge in [0.25, 0.3) is 0 Å². The highest BCUT2D eigenvalue weighted by Crippen LogP contribution is 2.72. The molecule has 1 nitrogen and oxygen atoms in total. The van der Waals surface area contributed by atoms with Gasteiger partial charge in [0.2, 0.25) is 0 Å². The molecule has 4 aliphatic carbocycles. The zero-order valence-electron chi connectivity index (χ0n) is 21.9. The topological polar surface area (TPSA) is 20.2 Å². The van der Waals surface area contributed by atoms with Crippen LogP contribution in [0.3, 0.4) is 0 Å². The van der Waals surface area contributed by atoms with Gasteiger partial charge in [-0.25, -0.2) is 0 Å². The van der Waals surface area contributed by atoms with E-state index < -0.39 is 0 Å². The Morgan fingerprint density at radius 3 is 2.35 bits per heavy atom. The molecule has 2 saturated carbocycles. The van der Waals surface area contributed by atoms with E-state index in [0.717, 1.165) is 18.3 Å². The predicted molar refractivity (Wildman–Crippen MR) is 133 cm³/mol. The fraction of sp³-hybridized carbons (Fsp3) is 0.867. The quantitative estimate of drug-likeness (QED) is 0.447. The SMILES string of the molecule is CC(C)=CCCC(C)C1CCC2(C)C3=C(CC[C@]12C)[C@@]1(C)CC[C@H](O)C(C)(C)C1CC3. The number of fused-ring (bicyclic) bond motifs is 4. The van der Waals surface area contributed by atoms with Gasteiger partial charge in [-0.15, -0.1) is 0 Å². The number of allylic oxidation sites excluding steroid dienone is 4. The molecule has 4 rings (SSSR count). The maximum Gasteiger partial charge on any atom is 0.0594 e. The van der Waals surface area contributed by atoms with Crippen LogP contribution in [0.15, 0.2) is 22.8 Å². The zero-order chi connectivity index (χ0) is 22.8. The van der Waals surface area contributed by atoms with Crippen molar-refractivity contribution in [2.24, 2.45) is 39.4 Å². The summed E-state index contributed by atoms with van der Waals surface area (Å²) in [5.74, 6) is 2.32. The van der Waals surface area contributed by atoms with E-state index in [4.69, 9.17) is 0 Å². The maximum atomic E-state index is 10.8. The Bertz CT molecular complexity index is 767. The van der Waals surface area contributed by atoms with Crippen LogP contribution in [0.1, 0.15) is 120 Å². The van der Waals surface area contributed by atoms with Crippen LogP contribution < -0.4 is 0 Å². The molecule has 0 saturated heterocycles. The maximum absolute atomic E-state index is 10.8. The van der Waals surface area contributed by atoms with Crippen LogP contribution in [0.2, 0.25) is 0 Å². The molecule has 0 aromatic carbocycles. The van der Waals surface area contributed by atoms with Gasteiger partial charge >= 0.3 is 0 Å². The van der Waals surface area contributed by atoms with Crippen LogP contribution in [0.4, 0.5) is 0 Å². The fourth-order valence-corrected chi connectivity index (χ4v) is 9.47. The number of aliphatic hydroxyl groups is 1. The van der Waals surface area contributed by atoms with Crippen molar-refractivity contribution in [1.29, 1.82) is 0 Å². The first-order valence-corrected chi connectivity index (χ1v) is 13.4. The molecular formula is C30H50O. The Balaban J connectivity index is 1.65. The lowest BCUT2D eigenvalue weighted by molar-refractivity contribution is -0.0962. The van der Waals surface area contributed by atoms with Crippen molar-refractivity contribution in [2.75, 3.05) is 0 Å². The summed E-state index contributed by atoms with van der Waals surface area (Å²) < 4.78 is 0. The molecule has 31 heavy (non-hydrogen) atoms. The molecule has 4 unspecified atom stereocenters. The summed E-state index contributed by atoms with van der Waals surface area (Å²) in [6.07, 6.45) is 15.2. The summed E-state index contributed by atoms with van der Waals surface area (Å²) in [6, 6.07) is 0. The summed E-state index contributed by atoms with van der Waals surface area (Å²) in [7, 11) is 0. The van der Waals surface area contributed by atoms with E-state index in [9.17, 15) is 5.11 Å². The second-order valence-corrected chi connectivity index (χ2v) is 13.6. The Morgan fingerprint density at radius 1 is 0.968 bits per heavy atom. The molecule has 0 spiro atoms. The largest absolute Gasteiger partial charge is 0.393 e. The number of hydrogen-bond donors (Lipinski definition) is 1. The third-order valence-electron chi connectivity index (χ3n) is 11.7. The molecule has 0 bridgehead atoms. The Morgan fingerprint density at radius 2 is 1.68 bits per heavy atom. The Kier molecular flexibility index (Phi) is 5.90. The molecule has 1 heteroatoms. The normalized spacial score (nSPS) is 44.9. The van der Waals surface area contributed by atoms with Crippen LogP contribution in [0.5, 0.6) is 0 Å². The van der Waals surface area contributed by atoms with Gasteiger partial charge in [-0.2, -0.15) is 0 Å². The van der Waals surface area contributed by atoms with E-state index in [1.807, 2.05) is 11.1 Å². The highest BCUT2D eigenvalue weighted by atomic mass is 16.3. The van der Waals surface area contributed by atoms with Crippen LogP contribution in [-0.2, 0) is 0 Å². The van der Waals surface area contributed by atoms with Crippen molar-refractivity contribution in [2.45, 2.75) is 126 Å². The van der Waals surface area contributed by atoms with E-state index in [0.29, 0.717) is 22.2 Å². The van der Waals surface area contributed by atoms with Gasteiger partial charge in [0.05, 0.1) is 6.10 Å². The molecule has 0 aromatic rings. The first-order valence-electron chi connectivity index (χ1n) is 13.4. The summed E-state index contributed by atoms with van der Waals surface area (Å²) in [5.41, 5.74) is 6.41. The third-order valence-corrected chi connectivity index (χ3v) is 11.7. The first kappa shape index (κ1) is 23.6. The smallest absolute Gasteiger partial charge is 0.0594 e. The first-order chi connectivity index (χ1) is 14.4. The summed E-state index contributed by atoms with van der Waals surface area (Å²) in [4.78, 5) is 0. The summed E-state index contributed by atoms with van der Waals surface area (Å²) in [6.45, 7) is 19.6. The third kappa shape index (κ3) is 3.34. The second kappa shape index (κ2) is 7.75. The number of rotatable bonds is 4. The minimum absolute atomic E-state index is 0.0465. The Hall–Kier alpha value is -0.560. The van der Waals surface area contributed by atoms with Gasteiger partial charge in [-0.3, -0.25) is 0 Å². The van der Waals surface area contributed by atoms with E-state index >= 15 is 0 Å². The van der Waals surface area contributed by atoms with Crippen molar-refractivity contribution in [1.82, 2.24) is 0 Å². The monoisotopic (exact) mass is 426 g/mol. The fourth-order valence-electron chi connectivity index (χ4n) is 9.47. The van der Waals surface area contributed by atoms with Crippen molar-refractivity contribution in [3.8, 4) is 0 Å². The standard InChI is InChI=1S/C30H50O/c1-20(2)10-9-11-21(3)22-14-18-30(8)24-12-13-25-27(4,5)26(31)16-17-28(25,6)23(24)15-19-29(22,30)7/h10,21-22,25-26,31H,9,11-19H2,1-8H3/t21?,22?,25?,26-,28+,29+,30?/m0/s1. The van der Waals surface area contributed by atoms with Crippen LogP contribution in [-0.4, -0.2) is 11.2 Å². The van der Waals surface area contributed by atoms with Gasteiger partial charge in [-0.05, 0) is 117 Å². The van der Waals surface area contributed by atoms with Crippen LogP contribution in [0, 0.1) is 39.4 Å². The van der Waals surface area contributed by atoms with E-state index in [1.165, 1.54) is 63.4 Å². The second-order valence-electron chi connectivity index (χ2n) is 13.6. The van der Waals surface area contributed by atoms with Gasteiger partial charge in [0.15, 0.2) is 0 Å². The molecule has 1 N–H and O–H groups in total. The minimum atomic E-state index is -0.130. The van der Waals surface area contributed by atoms with Gasteiger partial charge in [-0.1, -0.05) is 64.3 Å². The Labute approximate surface area is 193 Å². The molecule has 0 heterocycles. The van der Waals surface area contributed by atoms with E-state index in [1.54, 1.807) is 0 Å². The van der Waals surface area contributed by atoms with Crippen molar-refractivity contribution >= 4 is 0 Å². The summed E-state index contributed by atoms with van der Waals surface area (Å²) >= 11 is 0. The highest BCUT2D eigenvalue weighted by molar-refractivity contribution is 5.38. The van der Waals surface area contributed by atoms with Gasteiger partial charge < -0.3 is 5.11 Å². The van der Waals surface area contributed by atoms with E-state index in [2.05, 4.69) is 61.5 Å². The molecule has 0 radical (unpaired) electrons. The summed E-state index contributed by atoms with van der Waals surface area (Å²) in [5, 5.41) is 10.8. The minimum Gasteiger partial charge on any atom is -0.393 e. The molecule has 176 valence electrons. The highest BCUT2D eigenvalue weighted by Gasteiger charge is 2.63. The number of hydrogen-bond acceptors (Lipinski definition) is 1. The zero-order valence-corrected chi connectivity index (χ0v) is 21.9. The number of aliphatic hydroxyl groups excluding tert-OH is 1. The molecule has 0 aliphatic heterocycles. The van der Waals surface area contributed by atoms with E-state index in [-0.39, 0.29) is 11.5 Å². The lowest BCUT2D eigenvalue weighted by atomic mass is 9.43. The average molecular weight is 427 g/mol. The van der Waals surface area contributed by atoms with Crippen LogP contribution in [0.25, 0.3) is 0 Å². The van der Waals surface area contributed by atoms with Crippen LogP contribution >= 0.6 is 0 Å². The molecule has 2 fully saturated rings. The molecule has 0 amide bonds. The van der Waals surface area contributed by atoms with Crippen molar-refractivity contribution in [3.63, 3.8) is 0 Å². The van der Waals surface area contributed by atoms with Gasteiger partial charge in [0.1, 0.15) is 0 Å². The predicted octanol–water partition coefficient (Wildman–Crippen LogP) is 8.48. The lowest BCUT2D eigenvalue weighted by Crippen LogP contribution is -2.55. The average Bonchev–Trinajstić information content (AvgIpc) is 2.96. The molecule has 4 aliphatic rings.